The lowest BCUT2D eigenvalue weighted by Gasteiger charge is -2.46. The van der Waals surface area contributed by atoms with Crippen molar-refractivity contribution in [3.05, 3.63) is 47.7 Å². The fraction of sp³-hybridized carbons (Fsp3) is 0.553. The van der Waals surface area contributed by atoms with E-state index in [0.717, 1.165) is 44.7 Å². The van der Waals surface area contributed by atoms with Crippen LogP contribution in [-0.4, -0.2) is 63.8 Å². The molecule has 0 amide bonds. The number of rotatable bonds is 8. The van der Waals surface area contributed by atoms with Crippen LogP contribution in [0.2, 0.25) is 0 Å². The Hall–Kier alpha value is -3.59. The van der Waals surface area contributed by atoms with Gasteiger partial charge in [0.15, 0.2) is 5.82 Å². The number of halogens is 2. The second kappa shape index (κ2) is 12.1. The van der Waals surface area contributed by atoms with Gasteiger partial charge < -0.3 is 14.7 Å². The largest absolute Gasteiger partial charge is 0.508 e. The Kier molecular flexibility index (Phi) is 7.93. The number of anilines is 1. The van der Waals surface area contributed by atoms with Crippen LogP contribution in [0.15, 0.2) is 30.5 Å². The monoisotopic (exact) mass is 641 g/mol. The molecule has 4 aromatic rings. The molecule has 9 heteroatoms. The summed E-state index contributed by atoms with van der Waals surface area (Å²) in [5.74, 6) is 0.958. The van der Waals surface area contributed by atoms with Crippen molar-refractivity contribution in [3.63, 3.8) is 0 Å². The van der Waals surface area contributed by atoms with Gasteiger partial charge in [0.1, 0.15) is 28.6 Å². The minimum absolute atomic E-state index is 0.0266. The van der Waals surface area contributed by atoms with Crippen molar-refractivity contribution in [1.82, 2.24) is 19.9 Å². The molecule has 0 radical (unpaired) electrons. The van der Waals surface area contributed by atoms with Gasteiger partial charge in [0.25, 0.3) is 0 Å². The topological polar surface area (TPSA) is 74.6 Å². The molecular formula is C38H45F2N5O2. The average Bonchev–Trinajstić information content (AvgIpc) is 3.78. The lowest BCUT2D eigenvalue weighted by Crippen LogP contribution is -2.52. The maximum Gasteiger partial charge on any atom is 0.319 e. The number of hydrogen-bond acceptors (Lipinski definition) is 7. The van der Waals surface area contributed by atoms with Crippen LogP contribution < -0.4 is 9.64 Å². The molecule has 2 saturated heterocycles. The zero-order chi connectivity index (χ0) is 32.3. The molecule has 248 valence electrons. The number of phenolic OH excluding ortho intramolecular Hbond substituents is 1. The number of aromatic hydroxyl groups is 1. The molecule has 2 saturated carbocycles. The van der Waals surface area contributed by atoms with Gasteiger partial charge >= 0.3 is 6.01 Å². The highest BCUT2D eigenvalue weighted by Crippen LogP contribution is 2.49. The Morgan fingerprint density at radius 2 is 1.87 bits per heavy atom. The molecule has 1 N–H and O–H groups in total. The van der Waals surface area contributed by atoms with Gasteiger partial charge in [-0.15, -0.1) is 0 Å². The van der Waals surface area contributed by atoms with E-state index < -0.39 is 5.82 Å². The molecule has 8 rings (SSSR count). The predicted molar refractivity (Wildman–Crippen MR) is 181 cm³/mol. The molecule has 2 aromatic heterocycles. The van der Waals surface area contributed by atoms with E-state index in [9.17, 15) is 5.11 Å². The normalized spacial score (nSPS) is 25.1. The van der Waals surface area contributed by atoms with Gasteiger partial charge in [-0.25, -0.2) is 8.78 Å². The quantitative estimate of drug-likeness (QED) is 0.209. The summed E-state index contributed by atoms with van der Waals surface area (Å²) in [6, 6.07) is 6.76. The molecule has 3 atom stereocenters. The molecule has 0 spiro atoms. The first-order valence-corrected chi connectivity index (χ1v) is 17.8. The maximum atomic E-state index is 16.9. The van der Waals surface area contributed by atoms with Crippen molar-refractivity contribution in [2.75, 3.05) is 37.7 Å². The van der Waals surface area contributed by atoms with Crippen LogP contribution in [0.25, 0.3) is 32.9 Å². The van der Waals surface area contributed by atoms with Crippen molar-refractivity contribution in [3.8, 4) is 23.0 Å². The summed E-state index contributed by atoms with van der Waals surface area (Å²) in [5.41, 5.74) is 1.03. The smallest absolute Gasteiger partial charge is 0.319 e. The molecule has 7 nitrogen and oxygen atoms in total. The van der Waals surface area contributed by atoms with E-state index in [2.05, 4.69) is 21.7 Å². The minimum Gasteiger partial charge on any atom is -0.508 e. The van der Waals surface area contributed by atoms with Crippen molar-refractivity contribution in [2.45, 2.75) is 84.1 Å². The molecule has 0 unspecified atom stereocenters. The SMILES string of the molecule is CCc1c(F)ccc2cc(O)cc(-c3ncc4c(N5CCC[C@@H](C)C5)nc(OC[C@]56CCC[C@H]5N(CC5CC5)CCC6)nc4c3F)c12. The zero-order valence-corrected chi connectivity index (χ0v) is 27.6. The number of aryl methyl sites for hydroxylation is 1. The third-order valence-electron chi connectivity index (χ3n) is 11.5. The maximum absolute atomic E-state index is 16.9. The van der Waals surface area contributed by atoms with Gasteiger partial charge in [-0.2, -0.15) is 9.97 Å². The molecule has 4 fully saturated rings. The lowest BCUT2D eigenvalue weighted by atomic mass is 9.75. The van der Waals surface area contributed by atoms with Crippen LogP contribution in [0.5, 0.6) is 11.8 Å². The molecule has 2 aliphatic carbocycles. The third-order valence-corrected chi connectivity index (χ3v) is 11.5. The molecule has 0 bridgehead atoms. The number of hydrogen-bond donors (Lipinski definition) is 1. The van der Waals surface area contributed by atoms with Crippen molar-refractivity contribution < 1.29 is 18.6 Å². The highest BCUT2D eigenvalue weighted by molar-refractivity contribution is 6.01. The fourth-order valence-electron chi connectivity index (χ4n) is 9.00. The number of benzene rings is 2. The third kappa shape index (κ3) is 5.58. The average molecular weight is 642 g/mol. The number of likely N-dealkylation sites (tertiary alicyclic amines) is 1. The van der Waals surface area contributed by atoms with Crippen LogP contribution in [0.3, 0.4) is 0 Å². The van der Waals surface area contributed by atoms with Gasteiger partial charge in [-0.1, -0.05) is 26.3 Å². The number of aromatic nitrogens is 3. The summed E-state index contributed by atoms with van der Waals surface area (Å²) in [6.07, 6.45) is 12.8. The van der Waals surface area contributed by atoms with Crippen LogP contribution in [0.1, 0.15) is 77.2 Å². The van der Waals surface area contributed by atoms with Crippen molar-refractivity contribution >= 4 is 27.5 Å². The Morgan fingerprint density at radius 3 is 2.68 bits per heavy atom. The Labute approximate surface area is 275 Å². The summed E-state index contributed by atoms with van der Waals surface area (Å²) < 4.78 is 38.5. The van der Waals surface area contributed by atoms with E-state index in [-0.39, 0.29) is 34.2 Å². The van der Waals surface area contributed by atoms with Crippen molar-refractivity contribution in [1.29, 1.82) is 0 Å². The molecule has 4 aliphatic rings. The first-order valence-electron chi connectivity index (χ1n) is 17.8. The molecule has 2 aromatic carbocycles. The first kappa shape index (κ1) is 30.7. The summed E-state index contributed by atoms with van der Waals surface area (Å²) in [5, 5.41) is 12.3. The summed E-state index contributed by atoms with van der Waals surface area (Å²) in [7, 11) is 0. The highest BCUT2D eigenvalue weighted by Gasteiger charge is 2.49. The van der Waals surface area contributed by atoms with E-state index in [4.69, 9.17) is 14.7 Å². The van der Waals surface area contributed by atoms with Crippen LogP contribution in [0, 0.1) is 28.9 Å². The molecule has 4 heterocycles. The minimum atomic E-state index is -0.621. The summed E-state index contributed by atoms with van der Waals surface area (Å²) in [4.78, 5) is 19.3. The van der Waals surface area contributed by atoms with Gasteiger partial charge in [0.05, 0.1) is 12.0 Å². The first-order chi connectivity index (χ1) is 22.8. The highest BCUT2D eigenvalue weighted by atomic mass is 19.1. The van der Waals surface area contributed by atoms with Crippen LogP contribution in [-0.2, 0) is 6.42 Å². The number of ether oxygens (including phenoxy) is 1. The number of piperidine rings is 2. The Balaban J connectivity index is 1.22. The van der Waals surface area contributed by atoms with Gasteiger partial charge in [-0.05, 0) is 111 Å². The fourth-order valence-corrected chi connectivity index (χ4v) is 9.00. The van der Waals surface area contributed by atoms with Gasteiger partial charge in [0.2, 0.25) is 0 Å². The Bertz CT molecular complexity index is 1830. The molecule has 2 aliphatic heterocycles. The van der Waals surface area contributed by atoms with E-state index in [1.54, 1.807) is 18.3 Å². The summed E-state index contributed by atoms with van der Waals surface area (Å²) >= 11 is 0. The van der Waals surface area contributed by atoms with E-state index >= 15 is 8.78 Å². The summed E-state index contributed by atoms with van der Waals surface area (Å²) in [6.45, 7) is 8.62. The second-order valence-electron chi connectivity index (χ2n) is 14.8. The van der Waals surface area contributed by atoms with Gasteiger partial charge in [0, 0.05) is 42.9 Å². The molecule has 47 heavy (non-hydrogen) atoms. The number of pyridine rings is 1. The van der Waals surface area contributed by atoms with Gasteiger partial charge in [-0.3, -0.25) is 9.88 Å². The lowest BCUT2D eigenvalue weighted by molar-refractivity contribution is -0.00241. The van der Waals surface area contributed by atoms with Crippen LogP contribution >= 0.6 is 0 Å². The van der Waals surface area contributed by atoms with Crippen LogP contribution in [0.4, 0.5) is 14.6 Å². The zero-order valence-electron chi connectivity index (χ0n) is 27.6. The number of fused-ring (bicyclic) bond motifs is 3. The van der Waals surface area contributed by atoms with Crippen molar-refractivity contribution in [2.24, 2.45) is 17.3 Å². The van der Waals surface area contributed by atoms with E-state index in [1.165, 1.54) is 57.3 Å². The van der Waals surface area contributed by atoms with E-state index in [1.807, 2.05) is 6.92 Å². The molecular weight excluding hydrogens is 596 g/mol. The Morgan fingerprint density at radius 1 is 1.02 bits per heavy atom. The predicted octanol–water partition coefficient (Wildman–Crippen LogP) is 8.05. The number of phenols is 1. The number of nitrogens with zero attached hydrogens (tertiary/aromatic N) is 5. The standard InChI is InChI=1S/C38H45F2N5O2/c1-3-27-30(39)12-11-25-17-26(46)18-28(32(25)27)34-33(40)35-29(19-41-34)36(45-15-5-7-23(2)20-45)43-37(42-35)47-22-38-13-4-8-31(38)44(16-6-14-38)21-24-9-10-24/h11-12,17-19,23-24,31,46H,3-10,13-16,20-22H2,1-2H3/t23-,31-,38-/m1/s1. The van der Waals surface area contributed by atoms with E-state index in [0.29, 0.717) is 58.1 Å². The second-order valence-corrected chi connectivity index (χ2v) is 14.8.